The van der Waals surface area contributed by atoms with Gasteiger partial charge in [0.15, 0.2) is 0 Å². The minimum Gasteiger partial charge on any atom is -0.265 e. The molecular formula is C8H14ClN. The van der Waals surface area contributed by atoms with E-state index in [1.165, 1.54) is 0 Å². The summed E-state index contributed by atoms with van der Waals surface area (Å²) in [6, 6.07) is 0. The number of aliphatic imine (C=N–C) groups is 1. The zero-order valence-corrected chi connectivity index (χ0v) is 7.57. The van der Waals surface area contributed by atoms with Crippen LogP contribution in [0.25, 0.3) is 0 Å². The van der Waals surface area contributed by atoms with Crippen molar-refractivity contribution in [2.75, 3.05) is 0 Å². The van der Waals surface area contributed by atoms with E-state index in [2.05, 4.69) is 11.9 Å². The van der Waals surface area contributed by atoms with E-state index < -0.39 is 0 Å². The lowest BCUT2D eigenvalue weighted by Crippen LogP contribution is -1.76. The van der Waals surface area contributed by atoms with Crippen molar-refractivity contribution in [3.05, 3.63) is 10.7 Å². The Labute approximate surface area is 67.8 Å². The Bertz CT molecular complexity index is 143. The summed E-state index contributed by atoms with van der Waals surface area (Å²) in [6.45, 7) is 5.88. The monoisotopic (exact) mass is 159 g/mol. The van der Waals surface area contributed by atoms with Gasteiger partial charge in [0.2, 0.25) is 0 Å². The fourth-order valence-electron chi connectivity index (χ4n) is 0.420. The SMILES string of the molecule is CCCC=N/C(C)=C(\C)Cl. The molecule has 0 amide bonds. The molecule has 0 heterocycles. The predicted molar refractivity (Wildman–Crippen MR) is 47.6 cm³/mol. The minimum atomic E-state index is 0.771. The second-order valence-corrected chi connectivity index (χ2v) is 2.79. The van der Waals surface area contributed by atoms with Crippen LogP contribution in [0.5, 0.6) is 0 Å². The van der Waals surface area contributed by atoms with E-state index >= 15 is 0 Å². The molecule has 0 aliphatic rings. The molecule has 0 atom stereocenters. The van der Waals surface area contributed by atoms with Crippen LogP contribution >= 0.6 is 11.6 Å². The first-order valence-corrected chi connectivity index (χ1v) is 3.91. The van der Waals surface area contributed by atoms with Gasteiger partial charge in [0, 0.05) is 11.2 Å². The molecular weight excluding hydrogens is 146 g/mol. The van der Waals surface area contributed by atoms with E-state index in [-0.39, 0.29) is 0 Å². The summed E-state index contributed by atoms with van der Waals surface area (Å²) in [5, 5.41) is 0.771. The third kappa shape index (κ3) is 4.57. The predicted octanol–water partition coefficient (Wildman–Crippen LogP) is 3.35. The van der Waals surface area contributed by atoms with Crippen LogP contribution in [0, 0.1) is 0 Å². The van der Waals surface area contributed by atoms with Crippen LogP contribution in [0.2, 0.25) is 0 Å². The van der Waals surface area contributed by atoms with E-state index in [9.17, 15) is 0 Å². The first-order chi connectivity index (χ1) is 4.68. The third-order valence-corrected chi connectivity index (χ3v) is 1.47. The summed E-state index contributed by atoms with van der Waals surface area (Å²) < 4.78 is 0. The summed E-state index contributed by atoms with van der Waals surface area (Å²) in [4.78, 5) is 4.14. The maximum Gasteiger partial charge on any atom is 0.0510 e. The summed E-state index contributed by atoms with van der Waals surface area (Å²) in [7, 11) is 0. The zero-order chi connectivity index (χ0) is 7.98. The van der Waals surface area contributed by atoms with Crippen molar-refractivity contribution < 1.29 is 0 Å². The first kappa shape index (κ1) is 9.70. The lowest BCUT2D eigenvalue weighted by atomic mass is 10.4. The number of unbranched alkanes of at least 4 members (excludes halogenated alkanes) is 1. The minimum absolute atomic E-state index is 0.771. The van der Waals surface area contributed by atoms with Crippen LogP contribution in [-0.4, -0.2) is 6.21 Å². The van der Waals surface area contributed by atoms with Crippen LogP contribution in [0.1, 0.15) is 33.6 Å². The lowest BCUT2D eigenvalue weighted by molar-refractivity contribution is 1.00. The molecule has 0 aliphatic heterocycles. The Morgan fingerprint density at radius 2 is 2.10 bits per heavy atom. The van der Waals surface area contributed by atoms with E-state index in [0.29, 0.717) is 0 Å². The average molecular weight is 160 g/mol. The number of allylic oxidation sites excluding steroid dienone is 2. The third-order valence-electron chi connectivity index (χ3n) is 1.20. The Morgan fingerprint density at radius 3 is 2.50 bits per heavy atom. The van der Waals surface area contributed by atoms with Gasteiger partial charge in [-0.25, -0.2) is 0 Å². The molecule has 2 heteroatoms. The molecule has 58 valence electrons. The maximum atomic E-state index is 5.67. The molecule has 0 radical (unpaired) electrons. The van der Waals surface area contributed by atoms with Crippen LogP contribution in [0.3, 0.4) is 0 Å². The highest BCUT2D eigenvalue weighted by molar-refractivity contribution is 6.29. The van der Waals surface area contributed by atoms with Crippen LogP contribution in [0.4, 0.5) is 0 Å². The molecule has 0 aromatic heterocycles. The molecule has 0 bridgehead atoms. The number of hydrogen-bond acceptors (Lipinski definition) is 1. The van der Waals surface area contributed by atoms with E-state index in [0.717, 1.165) is 23.6 Å². The number of nitrogens with zero attached hydrogens (tertiary/aromatic N) is 1. The first-order valence-electron chi connectivity index (χ1n) is 3.54. The summed E-state index contributed by atoms with van der Waals surface area (Å²) in [6.07, 6.45) is 4.07. The summed E-state index contributed by atoms with van der Waals surface area (Å²) in [5.74, 6) is 0. The molecule has 0 saturated heterocycles. The molecule has 0 rings (SSSR count). The smallest absolute Gasteiger partial charge is 0.0510 e. The van der Waals surface area contributed by atoms with E-state index in [1.54, 1.807) is 0 Å². The van der Waals surface area contributed by atoms with Crippen LogP contribution in [-0.2, 0) is 0 Å². The standard InChI is InChI=1S/C8H14ClN/c1-4-5-6-10-8(3)7(2)9/h6H,4-5H2,1-3H3/b8-7+,10-6?. The van der Waals surface area contributed by atoms with E-state index in [4.69, 9.17) is 11.6 Å². The Morgan fingerprint density at radius 1 is 1.50 bits per heavy atom. The topological polar surface area (TPSA) is 12.4 Å². The highest BCUT2D eigenvalue weighted by Gasteiger charge is 1.86. The fourth-order valence-corrected chi connectivity index (χ4v) is 0.468. The second-order valence-electron chi connectivity index (χ2n) is 2.22. The van der Waals surface area contributed by atoms with Crippen LogP contribution < -0.4 is 0 Å². The molecule has 0 aromatic carbocycles. The maximum absolute atomic E-state index is 5.67. The van der Waals surface area contributed by atoms with Gasteiger partial charge in [0.05, 0.1) is 5.70 Å². The number of rotatable bonds is 3. The molecule has 0 aliphatic carbocycles. The zero-order valence-electron chi connectivity index (χ0n) is 6.82. The van der Waals surface area contributed by atoms with Crippen molar-refractivity contribution in [2.45, 2.75) is 33.6 Å². The Balaban J connectivity index is 3.78. The van der Waals surface area contributed by atoms with Gasteiger partial charge in [-0.15, -0.1) is 0 Å². The Hall–Kier alpha value is -0.300. The largest absolute Gasteiger partial charge is 0.265 e. The fraction of sp³-hybridized carbons (Fsp3) is 0.625. The van der Waals surface area contributed by atoms with Gasteiger partial charge < -0.3 is 0 Å². The van der Waals surface area contributed by atoms with Gasteiger partial charge in [0.1, 0.15) is 0 Å². The molecule has 0 N–H and O–H groups in total. The number of halogens is 1. The van der Waals surface area contributed by atoms with Crippen LogP contribution in [0.15, 0.2) is 15.7 Å². The van der Waals surface area contributed by atoms with Crippen molar-refractivity contribution in [3.8, 4) is 0 Å². The lowest BCUT2D eigenvalue weighted by Gasteiger charge is -1.91. The van der Waals surface area contributed by atoms with Crippen molar-refractivity contribution in [1.29, 1.82) is 0 Å². The van der Waals surface area contributed by atoms with E-state index in [1.807, 2.05) is 20.1 Å². The molecule has 0 saturated carbocycles. The van der Waals surface area contributed by atoms with Crippen molar-refractivity contribution in [3.63, 3.8) is 0 Å². The van der Waals surface area contributed by atoms with Gasteiger partial charge in [-0.1, -0.05) is 24.9 Å². The van der Waals surface area contributed by atoms with Gasteiger partial charge in [0.25, 0.3) is 0 Å². The molecule has 1 nitrogen and oxygen atoms in total. The quantitative estimate of drug-likeness (QED) is 0.560. The highest BCUT2D eigenvalue weighted by atomic mass is 35.5. The summed E-state index contributed by atoms with van der Waals surface area (Å²) in [5.41, 5.74) is 0.912. The second kappa shape index (κ2) is 5.48. The molecule has 0 aromatic rings. The highest BCUT2D eigenvalue weighted by Crippen LogP contribution is 2.07. The number of hydrogen-bond donors (Lipinski definition) is 0. The van der Waals surface area contributed by atoms with Crippen molar-refractivity contribution >= 4 is 17.8 Å². The Kier molecular flexibility index (Phi) is 5.32. The molecule has 0 fully saturated rings. The molecule has 0 unspecified atom stereocenters. The molecule has 0 spiro atoms. The molecule has 10 heavy (non-hydrogen) atoms. The van der Waals surface area contributed by atoms with Gasteiger partial charge in [-0.2, -0.15) is 0 Å². The van der Waals surface area contributed by atoms with Crippen molar-refractivity contribution in [2.24, 2.45) is 4.99 Å². The van der Waals surface area contributed by atoms with Gasteiger partial charge in [-0.05, 0) is 20.3 Å². The normalized spacial score (nSPS) is 14.0. The average Bonchev–Trinajstić information content (AvgIpc) is 1.88. The summed E-state index contributed by atoms with van der Waals surface area (Å²) >= 11 is 5.67. The van der Waals surface area contributed by atoms with Gasteiger partial charge >= 0.3 is 0 Å². The van der Waals surface area contributed by atoms with Crippen molar-refractivity contribution in [1.82, 2.24) is 0 Å². The van der Waals surface area contributed by atoms with Gasteiger partial charge in [-0.3, -0.25) is 4.99 Å².